The van der Waals surface area contributed by atoms with Gasteiger partial charge in [-0.15, -0.1) is 0 Å². The van der Waals surface area contributed by atoms with Gasteiger partial charge < -0.3 is 10.2 Å². The standard InChI is InChI=1S/C17H18N2O4S/c1-19(15-8-9-24(22,23)11-15)17(21)16(20)18-14-7-6-12-4-2-3-5-13(12)10-14/h2-7,10,15H,8-9,11H2,1H3,(H,18,20). The smallest absolute Gasteiger partial charge is 0.313 e. The Hall–Kier alpha value is -2.41. The molecular weight excluding hydrogens is 328 g/mol. The van der Waals surface area contributed by atoms with E-state index >= 15 is 0 Å². The molecule has 1 aliphatic rings. The molecule has 2 amide bonds. The summed E-state index contributed by atoms with van der Waals surface area (Å²) in [5.74, 6) is -1.53. The van der Waals surface area contributed by atoms with Crippen LogP contribution in [0.2, 0.25) is 0 Å². The van der Waals surface area contributed by atoms with E-state index in [1.807, 2.05) is 30.3 Å². The van der Waals surface area contributed by atoms with Crippen LogP contribution in [0.5, 0.6) is 0 Å². The average molecular weight is 346 g/mol. The zero-order chi connectivity index (χ0) is 17.3. The third-order valence-corrected chi connectivity index (χ3v) is 6.03. The Balaban J connectivity index is 1.70. The van der Waals surface area contributed by atoms with Crippen LogP contribution < -0.4 is 5.32 Å². The fourth-order valence-electron chi connectivity index (χ4n) is 2.86. The molecule has 1 unspecified atom stereocenters. The van der Waals surface area contributed by atoms with Gasteiger partial charge in [0.05, 0.1) is 11.5 Å². The summed E-state index contributed by atoms with van der Waals surface area (Å²) in [6.45, 7) is 0. The molecule has 1 aliphatic heterocycles. The quantitative estimate of drug-likeness (QED) is 0.834. The minimum atomic E-state index is -3.11. The minimum Gasteiger partial charge on any atom is -0.333 e. The number of rotatable bonds is 2. The Morgan fingerprint density at radius 2 is 1.83 bits per heavy atom. The van der Waals surface area contributed by atoms with Crippen molar-refractivity contribution >= 4 is 38.1 Å². The molecule has 0 spiro atoms. The summed E-state index contributed by atoms with van der Waals surface area (Å²) >= 11 is 0. The first-order valence-corrected chi connectivity index (χ1v) is 9.45. The second-order valence-corrected chi connectivity index (χ2v) is 8.22. The second-order valence-electron chi connectivity index (χ2n) is 5.99. The highest BCUT2D eigenvalue weighted by atomic mass is 32.2. The number of hydrogen-bond acceptors (Lipinski definition) is 4. The Morgan fingerprint density at radius 1 is 1.12 bits per heavy atom. The van der Waals surface area contributed by atoms with Gasteiger partial charge in [-0.2, -0.15) is 0 Å². The number of nitrogens with zero attached hydrogens (tertiary/aromatic N) is 1. The van der Waals surface area contributed by atoms with E-state index in [-0.39, 0.29) is 11.5 Å². The van der Waals surface area contributed by atoms with Gasteiger partial charge in [0.1, 0.15) is 0 Å². The molecule has 1 N–H and O–H groups in total. The maximum Gasteiger partial charge on any atom is 0.313 e. The molecule has 7 heteroatoms. The minimum absolute atomic E-state index is 0.0571. The van der Waals surface area contributed by atoms with Crippen LogP contribution >= 0.6 is 0 Å². The number of benzene rings is 2. The predicted molar refractivity (Wildman–Crippen MR) is 92.4 cm³/mol. The Labute approximate surface area is 140 Å². The highest BCUT2D eigenvalue weighted by Crippen LogP contribution is 2.20. The first kappa shape index (κ1) is 16.4. The predicted octanol–water partition coefficient (Wildman–Crippen LogP) is 1.42. The molecule has 1 heterocycles. The van der Waals surface area contributed by atoms with Crippen LogP contribution in [-0.2, 0) is 19.4 Å². The lowest BCUT2D eigenvalue weighted by molar-refractivity contribution is -0.143. The van der Waals surface area contributed by atoms with Gasteiger partial charge in [-0.1, -0.05) is 30.3 Å². The molecule has 2 aromatic rings. The fraction of sp³-hybridized carbons (Fsp3) is 0.294. The first-order chi connectivity index (χ1) is 11.4. The molecule has 6 nitrogen and oxygen atoms in total. The molecule has 1 fully saturated rings. The molecule has 126 valence electrons. The zero-order valence-electron chi connectivity index (χ0n) is 13.2. The van der Waals surface area contributed by atoms with E-state index < -0.39 is 27.7 Å². The summed E-state index contributed by atoms with van der Waals surface area (Å²) in [7, 11) is -1.64. The number of carbonyl (C=O) groups is 2. The van der Waals surface area contributed by atoms with Crippen LogP contribution in [0.15, 0.2) is 42.5 Å². The number of hydrogen-bond donors (Lipinski definition) is 1. The van der Waals surface area contributed by atoms with Crippen molar-refractivity contribution in [2.45, 2.75) is 12.5 Å². The SMILES string of the molecule is CN(C(=O)C(=O)Nc1ccc2ccccc2c1)C1CCS(=O)(=O)C1. The van der Waals surface area contributed by atoms with Crippen LogP contribution in [0.1, 0.15) is 6.42 Å². The monoisotopic (exact) mass is 346 g/mol. The molecular formula is C17H18N2O4S. The summed E-state index contributed by atoms with van der Waals surface area (Å²) in [6, 6.07) is 12.6. The summed E-state index contributed by atoms with van der Waals surface area (Å²) < 4.78 is 23.0. The lowest BCUT2D eigenvalue weighted by Crippen LogP contribution is -2.43. The van der Waals surface area contributed by atoms with Gasteiger partial charge in [0.2, 0.25) is 0 Å². The third kappa shape index (κ3) is 3.41. The van der Waals surface area contributed by atoms with E-state index in [2.05, 4.69) is 5.32 Å². The molecule has 3 rings (SSSR count). The van der Waals surface area contributed by atoms with Crippen LogP contribution in [0.3, 0.4) is 0 Å². The third-order valence-electron chi connectivity index (χ3n) is 4.28. The van der Waals surface area contributed by atoms with Crippen LogP contribution in [0.4, 0.5) is 5.69 Å². The number of nitrogens with one attached hydrogen (secondary N) is 1. The number of amides is 2. The first-order valence-electron chi connectivity index (χ1n) is 7.63. The molecule has 0 radical (unpaired) electrons. The van der Waals surface area contributed by atoms with Crippen LogP contribution in [-0.4, -0.2) is 49.7 Å². The van der Waals surface area contributed by atoms with Crippen molar-refractivity contribution in [2.75, 3.05) is 23.9 Å². The van der Waals surface area contributed by atoms with Crippen molar-refractivity contribution in [3.63, 3.8) is 0 Å². The van der Waals surface area contributed by atoms with E-state index in [1.165, 1.54) is 11.9 Å². The molecule has 0 aliphatic carbocycles. The van der Waals surface area contributed by atoms with Crippen molar-refractivity contribution in [1.29, 1.82) is 0 Å². The number of fused-ring (bicyclic) bond motifs is 1. The molecule has 1 atom stereocenters. The number of carbonyl (C=O) groups excluding carboxylic acids is 2. The lowest BCUT2D eigenvalue weighted by atomic mass is 10.1. The number of likely N-dealkylation sites (N-methyl/N-ethyl adjacent to an activating group) is 1. The number of anilines is 1. The maximum absolute atomic E-state index is 12.2. The molecule has 2 aromatic carbocycles. The van der Waals surface area contributed by atoms with Crippen molar-refractivity contribution < 1.29 is 18.0 Å². The van der Waals surface area contributed by atoms with Gasteiger partial charge in [-0.25, -0.2) is 8.42 Å². The summed E-state index contributed by atoms with van der Waals surface area (Å²) in [6.07, 6.45) is 0.369. The number of sulfone groups is 1. The average Bonchev–Trinajstić information content (AvgIpc) is 2.93. The molecule has 1 saturated heterocycles. The molecule has 0 bridgehead atoms. The largest absolute Gasteiger partial charge is 0.333 e. The van der Waals surface area contributed by atoms with Gasteiger partial charge in [0.25, 0.3) is 0 Å². The van der Waals surface area contributed by atoms with Gasteiger partial charge in [0, 0.05) is 18.8 Å². The molecule has 0 saturated carbocycles. The van der Waals surface area contributed by atoms with Crippen molar-refractivity contribution in [2.24, 2.45) is 0 Å². The lowest BCUT2D eigenvalue weighted by Gasteiger charge is -2.22. The van der Waals surface area contributed by atoms with Crippen LogP contribution in [0, 0.1) is 0 Å². The van der Waals surface area contributed by atoms with Gasteiger partial charge >= 0.3 is 11.8 Å². The van der Waals surface area contributed by atoms with Crippen LogP contribution in [0.25, 0.3) is 10.8 Å². The summed E-state index contributed by atoms with van der Waals surface area (Å²) in [4.78, 5) is 25.6. The van der Waals surface area contributed by atoms with E-state index in [9.17, 15) is 18.0 Å². The molecule has 0 aromatic heterocycles. The Morgan fingerprint density at radius 3 is 2.50 bits per heavy atom. The van der Waals surface area contributed by atoms with E-state index in [0.29, 0.717) is 12.1 Å². The Kier molecular flexibility index (Phi) is 4.28. The van der Waals surface area contributed by atoms with Gasteiger partial charge in [-0.05, 0) is 29.3 Å². The van der Waals surface area contributed by atoms with E-state index in [1.54, 1.807) is 12.1 Å². The zero-order valence-corrected chi connectivity index (χ0v) is 14.0. The molecule has 24 heavy (non-hydrogen) atoms. The van der Waals surface area contributed by atoms with Crippen molar-refractivity contribution in [1.82, 2.24) is 4.90 Å². The van der Waals surface area contributed by atoms with E-state index in [0.717, 1.165) is 10.8 Å². The Bertz CT molecular complexity index is 908. The normalized spacial score (nSPS) is 19.1. The van der Waals surface area contributed by atoms with Gasteiger partial charge in [-0.3, -0.25) is 9.59 Å². The van der Waals surface area contributed by atoms with Crippen molar-refractivity contribution in [3.8, 4) is 0 Å². The highest BCUT2D eigenvalue weighted by Gasteiger charge is 2.34. The van der Waals surface area contributed by atoms with E-state index in [4.69, 9.17) is 0 Å². The van der Waals surface area contributed by atoms with Crippen molar-refractivity contribution in [3.05, 3.63) is 42.5 Å². The fourth-order valence-corrected chi connectivity index (χ4v) is 4.63. The van der Waals surface area contributed by atoms with Gasteiger partial charge in [0.15, 0.2) is 9.84 Å². The second kappa shape index (κ2) is 6.24. The topological polar surface area (TPSA) is 83.6 Å². The summed E-state index contributed by atoms with van der Waals surface area (Å²) in [5.41, 5.74) is 0.527. The summed E-state index contributed by atoms with van der Waals surface area (Å²) in [5, 5.41) is 4.57. The highest BCUT2D eigenvalue weighted by molar-refractivity contribution is 7.91. The maximum atomic E-state index is 12.2.